The number of rotatable bonds is 3. The first-order valence-corrected chi connectivity index (χ1v) is 12.7. The minimum absolute atomic E-state index is 0.170. The van der Waals surface area contributed by atoms with Gasteiger partial charge in [-0.1, -0.05) is 64.4 Å². The second kappa shape index (κ2) is 9.39. The lowest BCUT2D eigenvalue weighted by molar-refractivity contribution is 0.136. The van der Waals surface area contributed by atoms with Gasteiger partial charge in [0.05, 0.1) is 11.1 Å². The number of aryl methyl sites for hydroxylation is 1. The van der Waals surface area contributed by atoms with E-state index in [2.05, 4.69) is 39.6 Å². The van der Waals surface area contributed by atoms with Crippen LogP contribution in [0.15, 0.2) is 29.1 Å². The molecule has 1 atom stereocenters. The number of fused-ring (bicyclic) bond motifs is 1. The number of anilines is 1. The van der Waals surface area contributed by atoms with Gasteiger partial charge in [-0.2, -0.15) is 4.98 Å². The van der Waals surface area contributed by atoms with Crippen LogP contribution >= 0.6 is 11.6 Å². The lowest BCUT2D eigenvalue weighted by Gasteiger charge is -2.40. The van der Waals surface area contributed by atoms with Crippen molar-refractivity contribution >= 4 is 34.5 Å². The zero-order valence-corrected chi connectivity index (χ0v) is 22.7. The Kier molecular flexibility index (Phi) is 6.77. The minimum Gasteiger partial charge on any atom is -0.465 e. The SMILES string of the molecule is Cc1c(C(C)(C)C)c(Cl)nc2c1c(N1CCN(C(=O)O)C[C@@H]1C)nc(=O)n2-c1ccccc1C(C)C. The van der Waals surface area contributed by atoms with Crippen molar-refractivity contribution in [2.75, 3.05) is 24.5 Å². The van der Waals surface area contributed by atoms with Gasteiger partial charge in [-0.05, 0) is 47.9 Å². The quantitative estimate of drug-likeness (QED) is 0.476. The maximum atomic E-state index is 13.7. The van der Waals surface area contributed by atoms with E-state index in [1.165, 1.54) is 4.90 Å². The number of halogens is 1. The molecule has 1 aromatic carbocycles. The molecule has 9 heteroatoms. The first kappa shape index (κ1) is 25.9. The summed E-state index contributed by atoms with van der Waals surface area (Å²) in [6.07, 6.45) is -0.945. The summed E-state index contributed by atoms with van der Waals surface area (Å²) < 4.78 is 1.57. The third-order valence-electron chi connectivity index (χ3n) is 6.93. The maximum Gasteiger partial charge on any atom is 0.407 e. The third-order valence-corrected chi connectivity index (χ3v) is 7.21. The molecule has 192 valence electrons. The molecule has 0 radical (unpaired) electrons. The van der Waals surface area contributed by atoms with Crippen LogP contribution in [0.4, 0.5) is 10.6 Å². The number of carboxylic acid groups (broad SMARTS) is 1. The van der Waals surface area contributed by atoms with Crippen LogP contribution in [-0.2, 0) is 5.41 Å². The number of hydrogen-bond donors (Lipinski definition) is 1. The van der Waals surface area contributed by atoms with Crippen molar-refractivity contribution in [2.45, 2.75) is 65.8 Å². The number of piperazine rings is 1. The van der Waals surface area contributed by atoms with E-state index < -0.39 is 11.8 Å². The number of amides is 1. The summed E-state index contributed by atoms with van der Waals surface area (Å²) in [5.74, 6) is 0.704. The van der Waals surface area contributed by atoms with E-state index in [1.54, 1.807) is 4.57 Å². The van der Waals surface area contributed by atoms with Crippen molar-refractivity contribution in [3.63, 3.8) is 0 Å². The summed E-state index contributed by atoms with van der Waals surface area (Å²) in [5, 5.41) is 10.6. The zero-order valence-electron chi connectivity index (χ0n) is 22.0. The fourth-order valence-corrected chi connectivity index (χ4v) is 5.80. The largest absolute Gasteiger partial charge is 0.465 e. The van der Waals surface area contributed by atoms with Gasteiger partial charge in [0.2, 0.25) is 0 Å². The summed E-state index contributed by atoms with van der Waals surface area (Å²) in [5.41, 5.74) is 3.30. The second-order valence-corrected chi connectivity index (χ2v) is 11.2. The standard InChI is InChI=1S/C27H34ClN5O3/c1-15(2)18-10-8-9-11-19(18)33-24-20(17(4)21(22(28)29-24)27(5,6)7)23(30-25(33)34)32-13-12-31(26(35)36)14-16(32)3/h8-11,15-16H,12-14H2,1-7H3,(H,35,36)/t16-/m0/s1. The smallest absolute Gasteiger partial charge is 0.407 e. The molecule has 0 bridgehead atoms. The van der Waals surface area contributed by atoms with E-state index in [0.29, 0.717) is 36.3 Å². The van der Waals surface area contributed by atoms with Crippen LogP contribution in [0, 0.1) is 6.92 Å². The summed E-state index contributed by atoms with van der Waals surface area (Å²) in [6.45, 7) is 15.4. The molecule has 1 saturated heterocycles. The number of nitrogens with zero attached hydrogens (tertiary/aromatic N) is 5. The van der Waals surface area contributed by atoms with Crippen molar-refractivity contribution < 1.29 is 9.90 Å². The monoisotopic (exact) mass is 511 g/mol. The molecule has 0 aliphatic carbocycles. The molecule has 3 heterocycles. The lowest BCUT2D eigenvalue weighted by atomic mass is 9.84. The van der Waals surface area contributed by atoms with Gasteiger partial charge in [0, 0.05) is 25.7 Å². The van der Waals surface area contributed by atoms with Crippen molar-refractivity contribution in [1.82, 2.24) is 19.4 Å². The fraction of sp³-hybridized carbons (Fsp3) is 0.481. The Hall–Kier alpha value is -3.13. The highest BCUT2D eigenvalue weighted by Gasteiger charge is 2.32. The zero-order chi connectivity index (χ0) is 26.5. The predicted molar refractivity (Wildman–Crippen MR) is 144 cm³/mol. The number of benzene rings is 1. The van der Waals surface area contributed by atoms with Gasteiger partial charge in [-0.15, -0.1) is 0 Å². The van der Waals surface area contributed by atoms with E-state index in [-0.39, 0.29) is 17.4 Å². The van der Waals surface area contributed by atoms with Gasteiger partial charge < -0.3 is 14.9 Å². The number of pyridine rings is 1. The maximum absolute atomic E-state index is 13.7. The first-order valence-electron chi connectivity index (χ1n) is 12.3. The average molecular weight is 512 g/mol. The fourth-order valence-electron chi connectivity index (χ4n) is 5.29. The Labute approximate surface area is 216 Å². The highest BCUT2D eigenvalue weighted by Crippen LogP contribution is 2.39. The normalized spacial score (nSPS) is 16.8. The summed E-state index contributed by atoms with van der Waals surface area (Å²) in [4.78, 5) is 38.1. The Bertz CT molecular complexity index is 1390. The number of aromatic nitrogens is 3. The second-order valence-electron chi connectivity index (χ2n) is 10.9. The molecule has 1 fully saturated rings. The number of hydrogen-bond acceptors (Lipinski definition) is 5. The van der Waals surface area contributed by atoms with Gasteiger partial charge in [-0.25, -0.2) is 19.1 Å². The van der Waals surface area contributed by atoms with Crippen LogP contribution < -0.4 is 10.6 Å². The van der Waals surface area contributed by atoms with Crippen LogP contribution in [-0.4, -0.2) is 56.3 Å². The third kappa shape index (κ3) is 4.43. The van der Waals surface area contributed by atoms with Crippen LogP contribution in [0.25, 0.3) is 16.7 Å². The van der Waals surface area contributed by atoms with Gasteiger partial charge in [0.1, 0.15) is 11.0 Å². The van der Waals surface area contributed by atoms with Crippen molar-refractivity contribution in [1.29, 1.82) is 0 Å². The molecular formula is C27H34ClN5O3. The highest BCUT2D eigenvalue weighted by molar-refractivity contribution is 6.31. The van der Waals surface area contributed by atoms with E-state index in [1.807, 2.05) is 43.0 Å². The van der Waals surface area contributed by atoms with Crippen LogP contribution in [0.2, 0.25) is 5.15 Å². The molecule has 1 aliphatic heterocycles. The Balaban J connectivity index is 2.08. The predicted octanol–water partition coefficient (Wildman–Crippen LogP) is 5.35. The molecule has 0 saturated carbocycles. The van der Waals surface area contributed by atoms with Crippen molar-refractivity contribution in [3.05, 3.63) is 56.6 Å². The number of para-hydroxylation sites is 1. The van der Waals surface area contributed by atoms with Gasteiger partial charge in [0.25, 0.3) is 0 Å². The van der Waals surface area contributed by atoms with Crippen molar-refractivity contribution in [2.24, 2.45) is 0 Å². The Morgan fingerprint density at radius 1 is 1.17 bits per heavy atom. The highest BCUT2D eigenvalue weighted by atomic mass is 35.5. The van der Waals surface area contributed by atoms with Gasteiger partial charge >= 0.3 is 11.8 Å². The Morgan fingerprint density at radius 2 is 1.83 bits per heavy atom. The minimum atomic E-state index is -0.945. The topological polar surface area (TPSA) is 91.6 Å². The molecule has 1 aliphatic rings. The molecule has 8 nitrogen and oxygen atoms in total. The van der Waals surface area contributed by atoms with Crippen LogP contribution in [0.3, 0.4) is 0 Å². The Morgan fingerprint density at radius 3 is 2.42 bits per heavy atom. The summed E-state index contributed by atoms with van der Waals surface area (Å²) >= 11 is 6.80. The molecule has 3 aromatic rings. The van der Waals surface area contributed by atoms with Gasteiger partial charge in [0.15, 0.2) is 5.65 Å². The average Bonchev–Trinajstić information content (AvgIpc) is 2.77. The van der Waals surface area contributed by atoms with E-state index in [4.69, 9.17) is 16.6 Å². The molecule has 1 N–H and O–H groups in total. The summed E-state index contributed by atoms with van der Waals surface area (Å²) in [6, 6.07) is 7.61. The molecular weight excluding hydrogens is 478 g/mol. The first-order chi connectivity index (χ1) is 16.8. The van der Waals surface area contributed by atoms with Gasteiger partial charge in [-0.3, -0.25) is 0 Å². The summed E-state index contributed by atoms with van der Waals surface area (Å²) in [7, 11) is 0. The number of carbonyl (C=O) groups is 1. The van der Waals surface area contributed by atoms with Crippen molar-refractivity contribution in [3.8, 4) is 5.69 Å². The lowest BCUT2D eigenvalue weighted by Crippen LogP contribution is -2.54. The molecule has 0 unspecified atom stereocenters. The van der Waals surface area contributed by atoms with Crippen LogP contribution in [0.5, 0.6) is 0 Å². The molecule has 1 amide bonds. The van der Waals surface area contributed by atoms with E-state index in [0.717, 1.165) is 27.8 Å². The van der Waals surface area contributed by atoms with E-state index in [9.17, 15) is 14.7 Å². The van der Waals surface area contributed by atoms with E-state index >= 15 is 0 Å². The van der Waals surface area contributed by atoms with Crippen LogP contribution in [0.1, 0.15) is 64.2 Å². The molecule has 2 aromatic heterocycles. The molecule has 0 spiro atoms. The molecule has 36 heavy (non-hydrogen) atoms. The molecule has 4 rings (SSSR count).